The molecule has 1 atom stereocenters. The van der Waals surface area contributed by atoms with Gasteiger partial charge < -0.3 is 19.7 Å². The Morgan fingerprint density at radius 2 is 2.32 bits per heavy atom. The van der Waals surface area contributed by atoms with Crippen LogP contribution < -0.4 is 10.1 Å². The second-order valence-corrected chi connectivity index (χ2v) is 4.22. The molecule has 0 saturated carbocycles. The number of carbonyl (C=O) groups is 2. The highest BCUT2D eigenvalue weighted by Crippen LogP contribution is 2.09. The van der Waals surface area contributed by atoms with Gasteiger partial charge in [0.15, 0.2) is 6.61 Å². The molecule has 0 aromatic carbocycles. The van der Waals surface area contributed by atoms with Crippen LogP contribution in [0.25, 0.3) is 0 Å². The molecule has 0 aliphatic carbocycles. The molecule has 0 fully saturated rings. The summed E-state index contributed by atoms with van der Waals surface area (Å²) in [6, 6.07) is 1.19. The van der Waals surface area contributed by atoms with E-state index in [0.29, 0.717) is 12.2 Å². The molecule has 0 aliphatic heterocycles. The maximum Gasteiger partial charge on any atom is 0.305 e. The Morgan fingerprint density at radius 1 is 1.58 bits per heavy atom. The highest BCUT2D eigenvalue weighted by molar-refractivity contribution is 5.78. The number of aliphatic carboxylic acids is 1. The van der Waals surface area contributed by atoms with Crippen LogP contribution in [0.5, 0.6) is 5.88 Å². The molecular weight excluding hydrogens is 252 g/mol. The number of aryl methyl sites for hydroxylation is 1. The van der Waals surface area contributed by atoms with Crippen molar-refractivity contribution in [2.75, 3.05) is 6.61 Å². The van der Waals surface area contributed by atoms with Crippen LogP contribution >= 0.6 is 0 Å². The van der Waals surface area contributed by atoms with Crippen molar-refractivity contribution >= 4 is 11.9 Å². The van der Waals surface area contributed by atoms with Gasteiger partial charge in [-0.15, -0.1) is 0 Å². The van der Waals surface area contributed by atoms with Crippen LogP contribution in [0.3, 0.4) is 0 Å². The van der Waals surface area contributed by atoms with Crippen molar-refractivity contribution in [3.05, 3.63) is 11.8 Å². The summed E-state index contributed by atoms with van der Waals surface area (Å²) in [6.45, 7) is 3.42. The number of nitrogens with zero attached hydrogens (tertiary/aromatic N) is 1. The third kappa shape index (κ3) is 5.89. The number of ether oxygens (including phenoxy) is 1. The summed E-state index contributed by atoms with van der Waals surface area (Å²) in [4.78, 5) is 22.2. The lowest BCUT2D eigenvalue weighted by Gasteiger charge is -2.15. The number of aromatic nitrogens is 1. The van der Waals surface area contributed by atoms with Gasteiger partial charge in [0.2, 0.25) is 0 Å². The summed E-state index contributed by atoms with van der Waals surface area (Å²) in [5, 5.41) is 14.9. The molecule has 7 nitrogen and oxygen atoms in total. The first-order valence-corrected chi connectivity index (χ1v) is 6.08. The van der Waals surface area contributed by atoms with Gasteiger partial charge in [-0.25, -0.2) is 0 Å². The van der Waals surface area contributed by atoms with Crippen molar-refractivity contribution in [1.29, 1.82) is 0 Å². The molecule has 0 saturated heterocycles. The molecule has 2 N–H and O–H groups in total. The Hall–Kier alpha value is -2.05. The molecule has 106 valence electrons. The standard InChI is InChI=1S/C12H18N2O5/c1-3-4-9(6-12(16)17)13-10(15)7-18-11-5-8(2)19-14-11/h5,9H,3-4,6-7H2,1-2H3,(H,13,15)(H,16,17). The highest BCUT2D eigenvalue weighted by Gasteiger charge is 2.15. The normalized spacial score (nSPS) is 11.9. The van der Waals surface area contributed by atoms with Gasteiger partial charge in [-0.2, -0.15) is 0 Å². The van der Waals surface area contributed by atoms with Gasteiger partial charge in [0, 0.05) is 12.1 Å². The lowest BCUT2D eigenvalue weighted by molar-refractivity contribution is -0.137. The molecule has 1 amide bonds. The number of carboxylic acids is 1. The van der Waals surface area contributed by atoms with Crippen molar-refractivity contribution in [1.82, 2.24) is 10.5 Å². The zero-order chi connectivity index (χ0) is 14.3. The van der Waals surface area contributed by atoms with E-state index >= 15 is 0 Å². The minimum atomic E-state index is -0.938. The van der Waals surface area contributed by atoms with E-state index in [-0.39, 0.29) is 30.9 Å². The summed E-state index contributed by atoms with van der Waals surface area (Å²) < 4.78 is 9.89. The second-order valence-electron chi connectivity index (χ2n) is 4.22. The monoisotopic (exact) mass is 270 g/mol. The van der Waals surface area contributed by atoms with Crippen LogP contribution in [0, 0.1) is 6.92 Å². The first-order valence-electron chi connectivity index (χ1n) is 6.08. The molecule has 1 heterocycles. The molecule has 7 heteroatoms. The Kier molecular flexibility index (Phi) is 5.84. The van der Waals surface area contributed by atoms with E-state index in [2.05, 4.69) is 10.5 Å². The van der Waals surface area contributed by atoms with Crippen molar-refractivity contribution in [2.45, 2.75) is 39.2 Å². The largest absolute Gasteiger partial charge is 0.481 e. The molecule has 19 heavy (non-hydrogen) atoms. The fourth-order valence-electron chi connectivity index (χ4n) is 1.60. The van der Waals surface area contributed by atoms with Crippen molar-refractivity contribution < 1.29 is 24.0 Å². The summed E-state index contributed by atoms with van der Waals surface area (Å²) in [6.07, 6.45) is 1.31. The number of hydrogen-bond acceptors (Lipinski definition) is 5. The lowest BCUT2D eigenvalue weighted by atomic mass is 10.1. The quantitative estimate of drug-likeness (QED) is 0.734. The van der Waals surface area contributed by atoms with Crippen molar-refractivity contribution in [3.8, 4) is 5.88 Å². The molecule has 1 unspecified atom stereocenters. The zero-order valence-corrected chi connectivity index (χ0v) is 11.0. The fourth-order valence-corrected chi connectivity index (χ4v) is 1.60. The van der Waals surface area contributed by atoms with Crippen LogP contribution in [0.15, 0.2) is 10.6 Å². The average molecular weight is 270 g/mol. The third-order valence-corrected chi connectivity index (χ3v) is 2.38. The molecular formula is C12H18N2O5. The highest BCUT2D eigenvalue weighted by atomic mass is 16.5. The topological polar surface area (TPSA) is 102 Å². The second kappa shape index (κ2) is 7.40. The number of hydrogen-bond donors (Lipinski definition) is 2. The SMILES string of the molecule is CCCC(CC(=O)O)NC(=O)COc1cc(C)on1. The zero-order valence-electron chi connectivity index (χ0n) is 11.0. The van der Waals surface area contributed by atoms with Gasteiger partial charge in [-0.05, 0) is 18.5 Å². The maximum absolute atomic E-state index is 11.6. The van der Waals surface area contributed by atoms with Crippen molar-refractivity contribution in [2.24, 2.45) is 0 Å². The summed E-state index contributed by atoms with van der Waals surface area (Å²) >= 11 is 0. The van der Waals surface area contributed by atoms with E-state index in [1.807, 2.05) is 6.92 Å². The van der Waals surface area contributed by atoms with Gasteiger partial charge >= 0.3 is 5.97 Å². The van der Waals surface area contributed by atoms with Gasteiger partial charge in [-0.1, -0.05) is 13.3 Å². The minimum absolute atomic E-state index is 0.0946. The van der Waals surface area contributed by atoms with Crippen LogP contribution in [0.1, 0.15) is 31.9 Å². The Labute approximate surface area is 110 Å². The smallest absolute Gasteiger partial charge is 0.305 e. The van der Waals surface area contributed by atoms with E-state index < -0.39 is 5.97 Å². The Balaban J connectivity index is 2.37. The van der Waals surface area contributed by atoms with Crippen LogP contribution in [0.4, 0.5) is 0 Å². The van der Waals surface area contributed by atoms with Crippen molar-refractivity contribution in [3.63, 3.8) is 0 Å². The average Bonchev–Trinajstić information content (AvgIpc) is 2.72. The van der Waals surface area contributed by atoms with E-state index in [1.54, 1.807) is 13.0 Å². The van der Waals surface area contributed by atoms with E-state index in [4.69, 9.17) is 14.4 Å². The summed E-state index contributed by atoms with van der Waals surface area (Å²) in [5.41, 5.74) is 0. The first kappa shape index (κ1) is 15.0. The lowest BCUT2D eigenvalue weighted by Crippen LogP contribution is -2.39. The number of amides is 1. The van der Waals surface area contributed by atoms with Crippen LogP contribution in [-0.4, -0.2) is 34.8 Å². The number of carboxylic acid groups (broad SMARTS) is 1. The van der Waals surface area contributed by atoms with Gasteiger partial charge in [0.1, 0.15) is 5.76 Å². The van der Waals surface area contributed by atoms with Gasteiger partial charge in [0.25, 0.3) is 11.8 Å². The Morgan fingerprint density at radius 3 is 2.84 bits per heavy atom. The van der Waals surface area contributed by atoms with E-state index in [1.165, 1.54) is 0 Å². The summed E-state index contributed by atoms with van der Waals surface area (Å²) in [7, 11) is 0. The maximum atomic E-state index is 11.6. The van der Waals surface area contributed by atoms with Gasteiger partial charge in [-0.3, -0.25) is 9.59 Å². The molecule has 1 rings (SSSR count). The van der Waals surface area contributed by atoms with Crippen LogP contribution in [-0.2, 0) is 9.59 Å². The van der Waals surface area contributed by atoms with E-state index in [0.717, 1.165) is 6.42 Å². The summed E-state index contributed by atoms with van der Waals surface area (Å²) in [5.74, 6) is -0.491. The molecule has 0 aliphatic rings. The molecule has 1 aromatic rings. The molecule has 0 bridgehead atoms. The number of nitrogens with one attached hydrogen (secondary N) is 1. The van der Waals surface area contributed by atoms with Crippen LogP contribution in [0.2, 0.25) is 0 Å². The molecule has 0 radical (unpaired) electrons. The number of rotatable bonds is 8. The minimum Gasteiger partial charge on any atom is -0.481 e. The fraction of sp³-hybridized carbons (Fsp3) is 0.583. The molecule has 0 spiro atoms. The third-order valence-electron chi connectivity index (χ3n) is 2.38. The predicted molar refractivity (Wildman–Crippen MR) is 65.8 cm³/mol. The van der Waals surface area contributed by atoms with Gasteiger partial charge in [0.05, 0.1) is 6.42 Å². The Bertz CT molecular complexity index is 430. The van der Waals surface area contributed by atoms with E-state index in [9.17, 15) is 9.59 Å². The number of carbonyl (C=O) groups excluding carboxylic acids is 1. The molecule has 1 aromatic heterocycles. The first-order chi connectivity index (χ1) is 9.01. The predicted octanol–water partition coefficient (Wildman–Crippen LogP) is 1.12.